The second kappa shape index (κ2) is 8.15. The maximum absolute atomic E-state index is 12.5. The van der Waals surface area contributed by atoms with Crippen LogP contribution in [0.2, 0.25) is 5.02 Å². The van der Waals surface area contributed by atoms with Crippen molar-refractivity contribution in [2.75, 3.05) is 0 Å². The summed E-state index contributed by atoms with van der Waals surface area (Å²) in [6, 6.07) is 20.6. The molecule has 140 valence electrons. The number of furan rings is 1. The average Bonchev–Trinajstić information content (AvgIpc) is 3.40. The van der Waals surface area contributed by atoms with Crippen molar-refractivity contribution in [1.82, 2.24) is 15.1 Å². The van der Waals surface area contributed by atoms with Gasteiger partial charge in [-0.3, -0.25) is 9.48 Å². The quantitative estimate of drug-likeness (QED) is 0.514. The minimum absolute atomic E-state index is 0.250. The van der Waals surface area contributed by atoms with Crippen LogP contribution in [0.3, 0.4) is 0 Å². The lowest BCUT2D eigenvalue weighted by molar-refractivity contribution is 0.0924. The zero-order valence-corrected chi connectivity index (χ0v) is 15.8. The Bertz CT molecular complexity index is 1090. The van der Waals surface area contributed by atoms with Crippen molar-refractivity contribution in [3.8, 4) is 11.3 Å². The van der Waals surface area contributed by atoms with Gasteiger partial charge >= 0.3 is 0 Å². The lowest BCUT2D eigenvalue weighted by Gasteiger charge is -2.10. The largest absolute Gasteiger partial charge is 0.451 e. The summed E-state index contributed by atoms with van der Waals surface area (Å²) in [6.07, 6.45) is 3.66. The summed E-state index contributed by atoms with van der Waals surface area (Å²) in [6.45, 7) is 1.05. The molecule has 4 aromatic rings. The Morgan fingerprint density at radius 2 is 1.79 bits per heavy atom. The molecule has 0 spiro atoms. The molecule has 4 rings (SSSR count). The van der Waals surface area contributed by atoms with Crippen molar-refractivity contribution in [3.05, 3.63) is 101 Å². The maximum atomic E-state index is 12.5. The number of hydrogen-bond acceptors (Lipinski definition) is 3. The Balaban J connectivity index is 1.45. The second-order valence-electron chi connectivity index (χ2n) is 6.30. The van der Waals surface area contributed by atoms with Gasteiger partial charge in [0.05, 0.1) is 11.6 Å². The van der Waals surface area contributed by atoms with Gasteiger partial charge in [-0.25, -0.2) is 0 Å². The van der Waals surface area contributed by atoms with Gasteiger partial charge in [0.25, 0.3) is 5.91 Å². The third-order valence-corrected chi connectivity index (χ3v) is 4.75. The Kier molecular flexibility index (Phi) is 5.26. The van der Waals surface area contributed by atoms with Gasteiger partial charge in [0, 0.05) is 24.5 Å². The van der Waals surface area contributed by atoms with Gasteiger partial charge in [-0.15, -0.1) is 0 Å². The molecule has 0 saturated heterocycles. The van der Waals surface area contributed by atoms with Crippen molar-refractivity contribution < 1.29 is 9.21 Å². The van der Waals surface area contributed by atoms with Crippen molar-refractivity contribution in [3.63, 3.8) is 0 Å². The van der Waals surface area contributed by atoms with E-state index in [0.29, 0.717) is 23.9 Å². The number of carbonyl (C=O) groups excluding carboxylic acids is 1. The van der Waals surface area contributed by atoms with Gasteiger partial charge in [0.1, 0.15) is 5.76 Å². The standard InChI is InChI=1S/C22H18ClN3O2/c23-19-9-4-3-8-18(19)20-10-11-21(28-20)22(27)24-14-16-6-1-2-7-17(16)15-26-13-5-12-25-26/h1-13H,14-15H2,(H,24,27). The monoisotopic (exact) mass is 391 g/mol. The number of nitrogens with one attached hydrogen (secondary N) is 1. The molecular weight excluding hydrogens is 374 g/mol. The van der Waals surface area contributed by atoms with Crippen LogP contribution in [-0.2, 0) is 13.1 Å². The molecule has 1 N–H and O–H groups in total. The SMILES string of the molecule is O=C(NCc1ccccc1Cn1cccn1)c1ccc(-c2ccccc2Cl)o1. The first-order valence-corrected chi connectivity index (χ1v) is 9.25. The van der Waals surface area contributed by atoms with Crippen LogP contribution in [0, 0.1) is 0 Å². The van der Waals surface area contributed by atoms with E-state index in [1.807, 2.05) is 59.4 Å². The highest BCUT2D eigenvalue weighted by Crippen LogP contribution is 2.29. The normalized spacial score (nSPS) is 10.8. The van der Waals surface area contributed by atoms with Crippen LogP contribution in [0.15, 0.2) is 83.5 Å². The van der Waals surface area contributed by atoms with E-state index in [1.54, 1.807) is 24.4 Å². The Labute approximate surface area is 167 Å². The number of halogens is 1. The fraction of sp³-hybridized carbons (Fsp3) is 0.0909. The summed E-state index contributed by atoms with van der Waals surface area (Å²) < 4.78 is 7.56. The first-order chi connectivity index (χ1) is 13.7. The summed E-state index contributed by atoms with van der Waals surface area (Å²) in [7, 11) is 0. The van der Waals surface area contributed by atoms with Crippen molar-refractivity contribution >= 4 is 17.5 Å². The van der Waals surface area contributed by atoms with E-state index in [0.717, 1.165) is 16.7 Å². The molecule has 28 heavy (non-hydrogen) atoms. The summed E-state index contributed by atoms with van der Waals surface area (Å²) >= 11 is 6.20. The zero-order valence-electron chi connectivity index (χ0n) is 15.0. The predicted octanol–water partition coefficient (Wildman–Crippen LogP) is 4.77. The van der Waals surface area contributed by atoms with Gasteiger partial charge in [-0.05, 0) is 41.5 Å². The molecule has 6 heteroatoms. The molecule has 0 aliphatic carbocycles. The molecule has 2 heterocycles. The van der Waals surface area contributed by atoms with Crippen LogP contribution in [0.4, 0.5) is 0 Å². The van der Waals surface area contributed by atoms with Crippen LogP contribution in [0.5, 0.6) is 0 Å². The zero-order chi connectivity index (χ0) is 19.3. The lowest BCUT2D eigenvalue weighted by Crippen LogP contribution is -2.23. The molecule has 0 atom stereocenters. The molecule has 0 unspecified atom stereocenters. The molecule has 5 nitrogen and oxygen atoms in total. The first-order valence-electron chi connectivity index (χ1n) is 8.88. The van der Waals surface area contributed by atoms with Crippen LogP contribution in [0.1, 0.15) is 21.7 Å². The van der Waals surface area contributed by atoms with Gasteiger partial charge in [0.2, 0.25) is 0 Å². The van der Waals surface area contributed by atoms with Gasteiger partial charge in [-0.2, -0.15) is 5.10 Å². The minimum Gasteiger partial charge on any atom is -0.451 e. The van der Waals surface area contributed by atoms with E-state index in [-0.39, 0.29) is 11.7 Å². The average molecular weight is 392 g/mol. The van der Waals surface area contributed by atoms with Crippen LogP contribution < -0.4 is 5.32 Å². The summed E-state index contributed by atoms with van der Waals surface area (Å²) in [5, 5.41) is 7.74. The molecule has 2 aromatic carbocycles. The number of hydrogen-bond donors (Lipinski definition) is 1. The summed E-state index contributed by atoms with van der Waals surface area (Å²) in [4.78, 5) is 12.5. The van der Waals surface area contributed by atoms with E-state index in [9.17, 15) is 4.79 Å². The smallest absolute Gasteiger partial charge is 0.287 e. The Morgan fingerprint density at radius 3 is 2.57 bits per heavy atom. The molecule has 0 saturated carbocycles. The molecule has 2 aromatic heterocycles. The Hall–Kier alpha value is -3.31. The van der Waals surface area contributed by atoms with Crippen LogP contribution in [-0.4, -0.2) is 15.7 Å². The highest BCUT2D eigenvalue weighted by molar-refractivity contribution is 6.33. The van der Waals surface area contributed by atoms with E-state index >= 15 is 0 Å². The molecular formula is C22H18ClN3O2. The number of amides is 1. The highest BCUT2D eigenvalue weighted by Gasteiger charge is 2.14. The number of carbonyl (C=O) groups is 1. The molecule has 0 bridgehead atoms. The lowest BCUT2D eigenvalue weighted by atomic mass is 10.1. The van der Waals surface area contributed by atoms with E-state index in [2.05, 4.69) is 10.4 Å². The van der Waals surface area contributed by atoms with Crippen LogP contribution >= 0.6 is 11.6 Å². The summed E-state index contributed by atoms with van der Waals surface area (Å²) in [5.41, 5.74) is 2.89. The van der Waals surface area contributed by atoms with Gasteiger partial charge < -0.3 is 9.73 Å². The number of nitrogens with zero attached hydrogens (tertiary/aromatic N) is 2. The van der Waals surface area contributed by atoms with Crippen molar-refractivity contribution in [2.45, 2.75) is 13.1 Å². The Morgan fingerprint density at radius 1 is 1.00 bits per heavy atom. The fourth-order valence-corrected chi connectivity index (χ4v) is 3.21. The van der Waals surface area contributed by atoms with Gasteiger partial charge in [0.15, 0.2) is 5.76 Å². The number of aromatic nitrogens is 2. The molecule has 0 aliphatic heterocycles. The van der Waals surface area contributed by atoms with E-state index in [4.69, 9.17) is 16.0 Å². The third-order valence-electron chi connectivity index (χ3n) is 4.42. The maximum Gasteiger partial charge on any atom is 0.287 e. The number of rotatable bonds is 6. The summed E-state index contributed by atoms with van der Waals surface area (Å²) in [5.74, 6) is 0.543. The molecule has 0 radical (unpaired) electrons. The third kappa shape index (κ3) is 4.00. The molecule has 0 aliphatic rings. The number of benzene rings is 2. The first kappa shape index (κ1) is 18.1. The predicted molar refractivity (Wildman–Crippen MR) is 108 cm³/mol. The topological polar surface area (TPSA) is 60.1 Å². The van der Waals surface area contributed by atoms with Gasteiger partial charge in [-0.1, -0.05) is 48.0 Å². The van der Waals surface area contributed by atoms with Crippen molar-refractivity contribution in [2.24, 2.45) is 0 Å². The van der Waals surface area contributed by atoms with Crippen molar-refractivity contribution in [1.29, 1.82) is 0 Å². The van der Waals surface area contributed by atoms with E-state index < -0.39 is 0 Å². The minimum atomic E-state index is -0.271. The van der Waals surface area contributed by atoms with E-state index in [1.165, 1.54) is 0 Å². The fourth-order valence-electron chi connectivity index (χ4n) is 2.98. The van der Waals surface area contributed by atoms with Crippen LogP contribution in [0.25, 0.3) is 11.3 Å². The molecule has 1 amide bonds. The molecule has 0 fully saturated rings. The second-order valence-corrected chi connectivity index (χ2v) is 6.71. The highest BCUT2D eigenvalue weighted by atomic mass is 35.5.